The van der Waals surface area contributed by atoms with E-state index in [9.17, 15) is 9.18 Å². The molecule has 0 aliphatic heterocycles. The van der Waals surface area contributed by atoms with E-state index in [-0.39, 0.29) is 12.1 Å². The number of rotatable bonds is 6. The number of benzene rings is 1. The van der Waals surface area contributed by atoms with Crippen LogP contribution in [-0.2, 0) is 9.47 Å². The average molecular weight is 306 g/mol. The first-order valence-corrected chi connectivity index (χ1v) is 7.07. The van der Waals surface area contributed by atoms with Gasteiger partial charge >= 0.3 is 5.97 Å². The smallest absolute Gasteiger partial charge is 0.341 e. The van der Waals surface area contributed by atoms with Crippen molar-refractivity contribution in [3.63, 3.8) is 0 Å². The second-order valence-electron chi connectivity index (χ2n) is 4.77. The molecule has 0 bridgehead atoms. The molecular weight excluding hydrogens is 287 g/mol. The Morgan fingerprint density at radius 2 is 2.18 bits per heavy atom. The Hall–Kier alpha value is -2.21. The molecule has 22 heavy (non-hydrogen) atoms. The van der Waals surface area contributed by atoms with Gasteiger partial charge in [-0.05, 0) is 25.5 Å². The maximum Gasteiger partial charge on any atom is 0.341 e. The molecule has 118 valence electrons. The molecule has 0 saturated carbocycles. The van der Waals surface area contributed by atoms with Gasteiger partial charge in [0.15, 0.2) is 0 Å². The molecule has 1 aromatic heterocycles. The van der Waals surface area contributed by atoms with Gasteiger partial charge in [-0.15, -0.1) is 0 Å². The van der Waals surface area contributed by atoms with Crippen LogP contribution in [0.25, 0.3) is 10.9 Å². The first kappa shape index (κ1) is 16.2. The largest absolute Gasteiger partial charge is 0.462 e. The van der Waals surface area contributed by atoms with E-state index >= 15 is 0 Å². The lowest BCUT2D eigenvalue weighted by molar-refractivity contribution is 0.0527. The van der Waals surface area contributed by atoms with Crippen molar-refractivity contribution in [3.8, 4) is 0 Å². The molecule has 0 atom stereocenters. The minimum absolute atomic E-state index is 0.230. The van der Waals surface area contributed by atoms with Crippen molar-refractivity contribution in [2.75, 3.05) is 32.2 Å². The highest BCUT2D eigenvalue weighted by Crippen LogP contribution is 2.30. The number of nitrogens with zero attached hydrogens (tertiary/aromatic N) is 1. The molecule has 0 aliphatic rings. The van der Waals surface area contributed by atoms with Gasteiger partial charge in [-0.2, -0.15) is 0 Å². The van der Waals surface area contributed by atoms with E-state index in [1.807, 2.05) is 6.92 Å². The number of pyridine rings is 1. The summed E-state index contributed by atoms with van der Waals surface area (Å²) in [5.41, 5.74) is 1.87. The number of nitrogens with one attached hydrogen (secondary N) is 1. The number of halogens is 1. The molecular formula is C16H19FN2O3. The Morgan fingerprint density at radius 1 is 1.41 bits per heavy atom. The second-order valence-corrected chi connectivity index (χ2v) is 4.77. The summed E-state index contributed by atoms with van der Waals surface area (Å²) in [6, 6.07) is 3.03. The highest BCUT2D eigenvalue weighted by Gasteiger charge is 2.19. The summed E-state index contributed by atoms with van der Waals surface area (Å²) in [5, 5.41) is 3.72. The Labute approximate surface area is 128 Å². The summed E-state index contributed by atoms with van der Waals surface area (Å²) in [6.07, 6.45) is 1.35. The molecule has 5 nitrogen and oxygen atoms in total. The Balaban J connectivity index is 2.61. The summed E-state index contributed by atoms with van der Waals surface area (Å²) in [4.78, 5) is 16.2. The molecule has 1 heterocycles. The zero-order chi connectivity index (χ0) is 16.1. The predicted octanol–water partition coefficient (Wildman–Crippen LogP) is 2.92. The quantitative estimate of drug-likeness (QED) is 0.657. The molecule has 0 aliphatic carbocycles. The number of ether oxygens (including phenoxy) is 2. The molecule has 1 aromatic carbocycles. The Morgan fingerprint density at radius 3 is 2.86 bits per heavy atom. The van der Waals surface area contributed by atoms with E-state index in [1.165, 1.54) is 12.3 Å². The van der Waals surface area contributed by atoms with Gasteiger partial charge in [0.1, 0.15) is 16.9 Å². The van der Waals surface area contributed by atoms with Gasteiger partial charge in [0, 0.05) is 25.2 Å². The SMILES string of the molecule is CCOC(=O)c1cnc2c(F)ccc(C)c2c1NCCOC. The number of fused-ring (bicyclic) bond motifs is 1. The van der Waals surface area contributed by atoms with Crippen molar-refractivity contribution >= 4 is 22.6 Å². The lowest BCUT2D eigenvalue weighted by Crippen LogP contribution is -2.14. The van der Waals surface area contributed by atoms with Gasteiger partial charge < -0.3 is 14.8 Å². The third-order valence-electron chi connectivity index (χ3n) is 3.28. The molecule has 0 saturated heterocycles. The van der Waals surface area contributed by atoms with Crippen molar-refractivity contribution < 1.29 is 18.7 Å². The molecule has 0 unspecified atom stereocenters. The van der Waals surface area contributed by atoms with E-state index in [1.54, 1.807) is 20.1 Å². The molecule has 0 radical (unpaired) electrons. The summed E-state index contributed by atoms with van der Waals surface area (Å²) in [5.74, 6) is -0.911. The Kier molecular flexibility index (Phi) is 5.27. The fourth-order valence-electron chi connectivity index (χ4n) is 2.26. The van der Waals surface area contributed by atoms with Crippen LogP contribution in [0.2, 0.25) is 0 Å². The van der Waals surface area contributed by atoms with Gasteiger partial charge in [-0.25, -0.2) is 9.18 Å². The van der Waals surface area contributed by atoms with E-state index in [4.69, 9.17) is 9.47 Å². The number of anilines is 1. The maximum absolute atomic E-state index is 14.0. The van der Waals surface area contributed by atoms with Gasteiger partial charge in [0.25, 0.3) is 0 Å². The average Bonchev–Trinajstić information content (AvgIpc) is 2.51. The molecule has 0 spiro atoms. The highest BCUT2D eigenvalue weighted by atomic mass is 19.1. The van der Waals surface area contributed by atoms with Crippen LogP contribution >= 0.6 is 0 Å². The molecule has 2 rings (SSSR count). The van der Waals surface area contributed by atoms with Crippen LogP contribution in [0, 0.1) is 12.7 Å². The number of methoxy groups -OCH3 is 1. The third-order valence-corrected chi connectivity index (χ3v) is 3.28. The normalized spacial score (nSPS) is 10.7. The predicted molar refractivity (Wildman–Crippen MR) is 82.8 cm³/mol. The number of esters is 1. The Bertz CT molecular complexity index is 689. The fourth-order valence-corrected chi connectivity index (χ4v) is 2.26. The number of carbonyl (C=O) groups excluding carboxylic acids is 1. The van der Waals surface area contributed by atoms with Gasteiger partial charge in [-0.1, -0.05) is 6.07 Å². The van der Waals surface area contributed by atoms with Crippen molar-refractivity contribution in [2.45, 2.75) is 13.8 Å². The van der Waals surface area contributed by atoms with E-state index in [2.05, 4.69) is 10.3 Å². The van der Waals surface area contributed by atoms with Crippen LogP contribution in [0.5, 0.6) is 0 Å². The minimum atomic E-state index is -0.486. The molecule has 6 heteroatoms. The fraction of sp³-hybridized carbons (Fsp3) is 0.375. The topological polar surface area (TPSA) is 60.5 Å². The molecule has 0 amide bonds. The van der Waals surface area contributed by atoms with E-state index in [0.29, 0.717) is 29.8 Å². The van der Waals surface area contributed by atoms with Crippen LogP contribution in [0.4, 0.5) is 10.1 Å². The van der Waals surface area contributed by atoms with Crippen LogP contribution < -0.4 is 5.32 Å². The highest BCUT2D eigenvalue weighted by molar-refractivity contribution is 6.06. The first-order chi connectivity index (χ1) is 10.6. The number of aryl methyl sites for hydroxylation is 1. The van der Waals surface area contributed by atoms with E-state index in [0.717, 1.165) is 5.56 Å². The summed E-state index contributed by atoms with van der Waals surface area (Å²) in [7, 11) is 1.59. The van der Waals surface area contributed by atoms with Crippen LogP contribution in [-0.4, -0.2) is 37.8 Å². The zero-order valence-electron chi connectivity index (χ0n) is 12.9. The van der Waals surface area contributed by atoms with Crippen molar-refractivity contribution in [1.29, 1.82) is 0 Å². The third kappa shape index (κ3) is 3.17. The standard InChI is InChI=1S/C16H19FN2O3/c1-4-22-16(20)11-9-19-15-12(17)6-5-10(2)13(15)14(11)18-7-8-21-3/h5-6,9H,4,7-8H2,1-3H3,(H,18,19). The van der Waals surface area contributed by atoms with Gasteiger partial charge in [0.2, 0.25) is 0 Å². The lowest BCUT2D eigenvalue weighted by atomic mass is 10.0. The van der Waals surface area contributed by atoms with Crippen LogP contribution in [0.1, 0.15) is 22.8 Å². The number of aromatic nitrogens is 1. The number of hydrogen-bond donors (Lipinski definition) is 1. The summed E-state index contributed by atoms with van der Waals surface area (Å²) >= 11 is 0. The maximum atomic E-state index is 14.0. The molecule has 2 aromatic rings. The van der Waals surface area contributed by atoms with Crippen molar-refractivity contribution in [1.82, 2.24) is 4.98 Å². The molecule has 0 fully saturated rings. The minimum Gasteiger partial charge on any atom is -0.462 e. The number of carbonyl (C=O) groups is 1. The van der Waals surface area contributed by atoms with Gasteiger partial charge in [-0.3, -0.25) is 4.98 Å². The van der Waals surface area contributed by atoms with Gasteiger partial charge in [0.05, 0.1) is 18.9 Å². The monoisotopic (exact) mass is 306 g/mol. The summed E-state index contributed by atoms with van der Waals surface area (Å²) in [6.45, 7) is 4.78. The van der Waals surface area contributed by atoms with E-state index < -0.39 is 11.8 Å². The van der Waals surface area contributed by atoms with Crippen LogP contribution in [0.15, 0.2) is 18.3 Å². The number of hydrogen-bond acceptors (Lipinski definition) is 5. The van der Waals surface area contributed by atoms with Crippen molar-refractivity contribution in [2.24, 2.45) is 0 Å². The zero-order valence-corrected chi connectivity index (χ0v) is 12.9. The lowest BCUT2D eigenvalue weighted by Gasteiger charge is -2.15. The van der Waals surface area contributed by atoms with Crippen molar-refractivity contribution in [3.05, 3.63) is 35.3 Å². The molecule has 1 N–H and O–H groups in total. The summed E-state index contributed by atoms with van der Waals surface area (Å²) < 4.78 is 24.0. The van der Waals surface area contributed by atoms with Crippen LogP contribution in [0.3, 0.4) is 0 Å². The first-order valence-electron chi connectivity index (χ1n) is 7.07. The second kappa shape index (κ2) is 7.17.